The van der Waals surface area contributed by atoms with Gasteiger partial charge in [-0.2, -0.15) is 0 Å². The molecule has 0 fully saturated rings. The first-order valence-corrected chi connectivity index (χ1v) is 9.66. The first-order valence-electron chi connectivity index (χ1n) is 9.28. The van der Waals surface area contributed by atoms with Gasteiger partial charge in [0.1, 0.15) is 10.7 Å². The number of benzene rings is 2. The summed E-state index contributed by atoms with van der Waals surface area (Å²) in [7, 11) is 0. The van der Waals surface area contributed by atoms with E-state index in [9.17, 15) is 9.59 Å². The van der Waals surface area contributed by atoms with Gasteiger partial charge in [0.2, 0.25) is 0 Å². The minimum Gasteiger partial charge on any atom is -0.350 e. The molecule has 0 radical (unpaired) electrons. The van der Waals surface area contributed by atoms with Crippen LogP contribution in [0.3, 0.4) is 0 Å². The van der Waals surface area contributed by atoms with Crippen molar-refractivity contribution in [1.29, 1.82) is 0 Å². The zero-order valence-corrected chi connectivity index (χ0v) is 16.3. The molecule has 0 bridgehead atoms. The number of carbonyl (C=O) groups is 2. The predicted molar refractivity (Wildman–Crippen MR) is 110 cm³/mol. The summed E-state index contributed by atoms with van der Waals surface area (Å²) in [6, 6.07) is 15.2. The Morgan fingerprint density at radius 2 is 1.52 bits per heavy atom. The van der Waals surface area contributed by atoms with Gasteiger partial charge >= 0.3 is 0 Å². The first kappa shape index (κ1) is 19.2. The third kappa shape index (κ3) is 4.06. The lowest BCUT2D eigenvalue weighted by molar-refractivity contribution is -0.120. The molecule has 1 aliphatic heterocycles. The highest BCUT2D eigenvalue weighted by atomic mass is 35.5. The number of rotatable bonds is 7. The van der Waals surface area contributed by atoms with Crippen LogP contribution in [0.25, 0.3) is 0 Å². The quantitative estimate of drug-likeness (QED) is 0.683. The summed E-state index contributed by atoms with van der Waals surface area (Å²) in [6.07, 6.45) is 4.15. The number of unbranched alkanes of at least 4 members (excludes halogenated alkanes) is 1. The lowest BCUT2D eigenvalue weighted by atomic mass is 10.1. The number of aryl methyl sites for hydroxylation is 2. The fourth-order valence-electron chi connectivity index (χ4n) is 3.01. The van der Waals surface area contributed by atoms with Gasteiger partial charge in [0, 0.05) is 5.69 Å². The van der Waals surface area contributed by atoms with Gasteiger partial charge in [0.25, 0.3) is 11.8 Å². The van der Waals surface area contributed by atoms with Crippen LogP contribution in [0.2, 0.25) is 0 Å². The molecule has 2 aromatic rings. The Morgan fingerprint density at radius 3 is 2.11 bits per heavy atom. The molecule has 0 atom stereocenters. The third-order valence-electron chi connectivity index (χ3n) is 4.67. The summed E-state index contributed by atoms with van der Waals surface area (Å²) in [5.74, 6) is -0.943. The summed E-state index contributed by atoms with van der Waals surface area (Å²) < 4.78 is 0. The van der Waals surface area contributed by atoms with Crippen LogP contribution in [0, 0.1) is 0 Å². The molecular weight excluding hydrogens is 360 g/mol. The summed E-state index contributed by atoms with van der Waals surface area (Å²) in [5.41, 5.74) is 3.74. The van der Waals surface area contributed by atoms with E-state index in [1.165, 1.54) is 11.1 Å². The third-order valence-corrected chi connectivity index (χ3v) is 5.02. The first-order chi connectivity index (χ1) is 13.0. The molecule has 0 aliphatic carbocycles. The number of nitrogens with zero attached hydrogens (tertiary/aromatic N) is 1. The molecule has 2 amide bonds. The Kier molecular flexibility index (Phi) is 5.97. The standard InChI is InChI=1S/C22H23ClN2O2/c1-3-5-6-16-9-13-18(14-10-16)25-21(26)19(23)20(22(25)27)24-17-11-7-15(4-2)8-12-17/h7-14,24H,3-6H2,1-2H3. The van der Waals surface area contributed by atoms with Crippen LogP contribution in [-0.4, -0.2) is 11.8 Å². The van der Waals surface area contributed by atoms with Gasteiger partial charge in [0.05, 0.1) is 5.69 Å². The fourth-order valence-corrected chi connectivity index (χ4v) is 3.22. The van der Waals surface area contributed by atoms with Crippen LogP contribution in [-0.2, 0) is 22.4 Å². The van der Waals surface area contributed by atoms with Crippen molar-refractivity contribution in [3.63, 3.8) is 0 Å². The molecular formula is C22H23ClN2O2. The number of anilines is 2. The maximum Gasteiger partial charge on any atom is 0.283 e. The van der Waals surface area contributed by atoms with E-state index in [2.05, 4.69) is 19.2 Å². The van der Waals surface area contributed by atoms with Gasteiger partial charge in [-0.15, -0.1) is 0 Å². The fraction of sp³-hybridized carbons (Fsp3) is 0.273. The molecule has 0 saturated carbocycles. The van der Waals surface area contributed by atoms with Crippen LogP contribution < -0.4 is 10.2 Å². The number of halogens is 1. The number of carbonyl (C=O) groups excluding carboxylic acids is 2. The highest BCUT2D eigenvalue weighted by Gasteiger charge is 2.38. The minimum absolute atomic E-state index is 0.0883. The molecule has 140 valence electrons. The second-order valence-corrected chi connectivity index (χ2v) is 6.96. The largest absolute Gasteiger partial charge is 0.350 e. The Morgan fingerprint density at radius 1 is 0.889 bits per heavy atom. The van der Waals surface area contributed by atoms with Crippen LogP contribution in [0.15, 0.2) is 59.3 Å². The normalized spacial score (nSPS) is 14.3. The van der Waals surface area contributed by atoms with E-state index in [1.807, 2.05) is 36.4 Å². The van der Waals surface area contributed by atoms with E-state index in [-0.39, 0.29) is 10.7 Å². The maximum absolute atomic E-state index is 12.8. The highest BCUT2D eigenvalue weighted by molar-refractivity contribution is 6.53. The zero-order chi connectivity index (χ0) is 19.4. The molecule has 0 unspecified atom stereocenters. The summed E-state index contributed by atoms with van der Waals surface area (Å²) >= 11 is 6.18. The van der Waals surface area contributed by atoms with Crippen molar-refractivity contribution in [3.8, 4) is 0 Å². The van der Waals surface area contributed by atoms with Crippen LogP contribution >= 0.6 is 11.6 Å². The molecule has 0 spiro atoms. The molecule has 0 saturated heterocycles. The average Bonchev–Trinajstić information content (AvgIpc) is 2.91. The topological polar surface area (TPSA) is 49.4 Å². The number of hydrogen-bond acceptors (Lipinski definition) is 3. The van der Waals surface area contributed by atoms with Gasteiger partial charge in [-0.25, -0.2) is 4.90 Å². The molecule has 3 rings (SSSR count). The van der Waals surface area contributed by atoms with Crippen molar-refractivity contribution in [1.82, 2.24) is 0 Å². The average molecular weight is 383 g/mol. The van der Waals surface area contributed by atoms with E-state index >= 15 is 0 Å². The Labute approximate surface area is 164 Å². The van der Waals surface area contributed by atoms with Crippen molar-refractivity contribution >= 4 is 34.8 Å². The van der Waals surface area contributed by atoms with Crippen molar-refractivity contribution in [2.75, 3.05) is 10.2 Å². The molecule has 4 nitrogen and oxygen atoms in total. The number of hydrogen-bond donors (Lipinski definition) is 1. The van der Waals surface area contributed by atoms with E-state index in [0.29, 0.717) is 5.69 Å². The lowest BCUT2D eigenvalue weighted by Crippen LogP contribution is -2.32. The SMILES string of the molecule is CCCCc1ccc(N2C(=O)C(Cl)=C(Nc3ccc(CC)cc3)C2=O)cc1. The van der Waals surface area contributed by atoms with E-state index < -0.39 is 11.8 Å². The van der Waals surface area contributed by atoms with E-state index in [4.69, 9.17) is 11.6 Å². The van der Waals surface area contributed by atoms with Crippen molar-refractivity contribution in [2.45, 2.75) is 39.5 Å². The van der Waals surface area contributed by atoms with Gasteiger partial charge in [-0.05, 0) is 54.7 Å². The molecule has 1 N–H and O–H groups in total. The molecule has 27 heavy (non-hydrogen) atoms. The summed E-state index contributed by atoms with van der Waals surface area (Å²) in [4.78, 5) is 26.5. The van der Waals surface area contributed by atoms with Gasteiger partial charge < -0.3 is 5.32 Å². The number of imide groups is 1. The number of nitrogens with one attached hydrogen (secondary N) is 1. The second-order valence-electron chi connectivity index (χ2n) is 6.58. The van der Waals surface area contributed by atoms with E-state index in [0.717, 1.165) is 36.3 Å². The minimum atomic E-state index is -0.504. The maximum atomic E-state index is 12.8. The Bertz CT molecular complexity index is 870. The monoisotopic (exact) mass is 382 g/mol. The molecule has 0 aromatic heterocycles. The van der Waals surface area contributed by atoms with Crippen LogP contribution in [0.4, 0.5) is 11.4 Å². The Balaban J connectivity index is 1.78. The molecule has 2 aromatic carbocycles. The summed E-state index contributed by atoms with van der Waals surface area (Å²) in [6.45, 7) is 4.22. The predicted octanol–water partition coefficient (Wildman–Crippen LogP) is 5.03. The van der Waals surface area contributed by atoms with Crippen LogP contribution in [0.5, 0.6) is 0 Å². The van der Waals surface area contributed by atoms with Gasteiger partial charge in [-0.1, -0.05) is 56.1 Å². The van der Waals surface area contributed by atoms with Crippen LogP contribution in [0.1, 0.15) is 37.8 Å². The lowest BCUT2D eigenvalue weighted by Gasteiger charge is -2.15. The van der Waals surface area contributed by atoms with Gasteiger partial charge in [0.15, 0.2) is 0 Å². The molecule has 1 aliphatic rings. The second kappa shape index (κ2) is 8.40. The van der Waals surface area contributed by atoms with Crippen molar-refractivity contribution < 1.29 is 9.59 Å². The van der Waals surface area contributed by atoms with Crippen molar-refractivity contribution in [3.05, 3.63) is 70.4 Å². The summed E-state index contributed by atoms with van der Waals surface area (Å²) in [5, 5.41) is 2.91. The van der Waals surface area contributed by atoms with E-state index in [1.54, 1.807) is 12.1 Å². The smallest absolute Gasteiger partial charge is 0.283 e. The van der Waals surface area contributed by atoms with Crippen molar-refractivity contribution in [2.24, 2.45) is 0 Å². The molecule has 5 heteroatoms. The zero-order valence-electron chi connectivity index (χ0n) is 15.6. The number of amides is 2. The highest BCUT2D eigenvalue weighted by Crippen LogP contribution is 2.30. The Hall–Kier alpha value is -2.59. The van der Waals surface area contributed by atoms with Gasteiger partial charge in [-0.3, -0.25) is 9.59 Å². The molecule has 1 heterocycles.